The van der Waals surface area contributed by atoms with Crippen LogP contribution in [0.15, 0.2) is 54.6 Å². The molecule has 3 amide bonds. The van der Waals surface area contributed by atoms with Crippen LogP contribution in [-0.2, 0) is 14.4 Å². The summed E-state index contributed by atoms with van der Waals surface area (Å²) in [4.78, 5) is 38.2. The number of hydrogen-bond acceptors (Lipinski definition) is 5. The topological polar surface area (TPSA) is 111 Å². The second-order valence-corrected chi connectivity index (χ2v) is 8.27. The Bertz CT molecular complexity index is 961. The zero-order valence-electron chi connectivity index (χ0n) is 17.5. The Morgan fingerprint density at radius 3 is 2.35 bits per heavy atom. The molecule has 8 heteroatoms. The maximum Gasteiger partial charge on any atom is 0.229 e. The maximum atomic E-state index is 13.0. The Morgan fingerprint density at radius 2 is 1.68 bits per heavy atom. The standard InChI is InChI=1S/C23H27N5O3/c1-13(2)14-8-10-16(11-9-14)24-21(30)17-12-18(29)26-20-19(17)22(31)28-23(27-20)25-15-6-4-3-5-7-15/h3-11,13,17,19-20,23,25,27H,12H2,1-2H3,(H,24,30)(H,26,29)(H,28,31). The molecule has 0 aliphatic carbocycles. The van der Waals surface area contributed by atoms with Crippen molar-refractivity contribution in [2.75, 3.05) is 10.6 Å². The largest absolute Gasteiger partial charge is 0.353 e. The zero-order chi connectivity index (χ0) is 22.0. The number of nitrogens with one attached hydrogen (secondary N) is 5. The highest BCUT2D eigenvalue weighted by molar-refractivity contribution is 6.00. The van der Waals surface area contributed by atoms with Gasteiger partial charge in [-0.25, -0.2) is 0 Å². The minimum Gasteiger partial charge on any atom is -0.353 e. The number of rotatable bonds is 5. The third-order valence-corrected chi connectivity index (χ3v) is 5.72. The molecule has 2 saturated heterocycles. The fourth-order valence-electron chi connectivity index (χ4n) is 4.04. The molecule has 0 aromatic heterocycles. The first-order chi connectivity index (χ1) is 14.9. The summed E-state index contributed by atoms with van der Waals surface area (Å²) in [6, 6.07) is 17.0. The molecule has 0 bridgehead atoms. The average molecular weight is 422 g/mol. The Hall–Kier alpha value is -3.39. The molecule has 2 aliphatic rings. The van der Waals surface area contributed by atoms with Gasteiger partial charge >= 0.3 is 0 Å². The van der Waals surface area contributed by atoms with Crippen molar-refractivity contribution in [1.29, 1.82) is 0 Å². The first kappa shape index (κ1) is 20.9. The lowest BCUT2D eigenvalue weighted by Crippen LogP contribution is -2.72. The molecule has 162 valence electrons. The summed E-state index contributed by atoms with van der Waals surface area (Å²) in [6.45, 7) is 4.20. The second kappa shape index (κ2) is 8.77. The number of carbonyl (C=O) groups excluding carboxylic acids is 3. The van der Waals surface area contributed by atoms with E-state index in [9.17, 15) is 14.4 Å². The van der Waals surface area contributed by atoms with E-state index >= 15 is 0 Å². The molecular formula is C23H27N5O3. The van der Waals surface area contributed by atoms with Crippen LogP contribution < -0.4 is 26.6 Å². The van der Waals surface area contributed by atoms with Gasteiger partial charge in [-0.15, -0.1) is 0 Å². The molecule has 4 atom stereocenters. The number of benzene rings is 2. The van der Waals surface area contributed by atoms with Crippen molar-refractivity contribution in [2.24, 2.45) is 11.8 Å². The van der Waals surface area contributed by atoms with Crippen molar-refractivity contribution < 1.29 is 14.4 Å². The van der Waals surface area contributed by atoms with Crippen LogP contribution in [0.3, 0.4) is 0 Å². The van der Waals surface area contributed by atoms with Crippen LogP contribution in [0.2, 0.25) is 0 Å². The Labute approximate surface area is 181 Å². The average Bonchev–Trinajstić information content (AvgIpc) is 2.74. The number of para-hydroxylation sites is 1. The molecule has 2 heterocycles. The third-order valence-electron chi connectivity index (χ3n) is 5.72. The monoisotopic (exact) mass is 421 g/mol. The molecule has 8 nitrogen and oxygen atoms in total. The summed E-state index contributed by atoms with van der Waals surface area (Å²) in [5, 5.41) is 14.9. The van der Waals surface area contributed by atoms with Gasteiger partial charge in [-0.05, 0) is 35.7 Å². The molecule has 5 N–H and O–H groups in total. The van der Waals surface area contributed by atoms with Gasteiger partial charge in [0.25, 0.3) is 0 Å². The fourth-order valence-corrected chi connectivity index (χ4v) is 4.04. The predicted octanol–water partition coefficient (Wildman–Crippen LogP) is 1.94. The van der Waals surface area contributed by atoms with Gasteiger partial charge in [0, 0.05) is 17.8 Å². The summed E-state index contributed by atoms with van der Waals surface area (Å²) < 4.78 is 0. The van der Waals surface area contributed by atoms with Gasteiger partial charge in [0.05, 0.1) is 18.0 Å². The van der Waals surface area contributed by atoms with Crippen LogP contribution in [0.5, 0.6) is 0 Å². The van der Waals surface area contributed by atoms with Crippen LogP contribution in [0.1, 0.15) is 31.7 Å². The number of carbonyl (C=O) groups is 3. The number of anilines is 2. The molecule has 2 aromatic carbocycles. The van der Waals surface area contributed by atoms with E-state index in [0.717, 1.165) is 5.69 Å². The lowest BCUT2D eigenvalue weighted by molar-refractivity contribution is -0.144. The highest BCUT2D eigenvalue weighted by atomic mass is 16.2. The molecule has 2 fully saturated rings. The summed E-state index contributed by atoms with van der Waals surface area (Å²) in [6.07, 6.45) is -1.25. The fraction of sp³-hybridized carbons (Fsp3) is 0.348. The summed E-state index contributed by atoms with van der Waals surface area (Å²) in [5.74, 6) is -1.98. The van der Waals surface area contributed by atoms with Crippen molar-refractivity contribution in [1.82, 2.24) is 16.0 Å². The maximum absolute atomic E-state index is 13.0. The van der Waals surface area contributed by atoms with Crippen LogP contribution >= 0.6 is 0 Å². The normalized spacial score (nSPS) is 25.3. The lowest BCUT2D eigenvalue weighted by Gasteiger charge is -2.43. The first-order valence-corrected chi connectivity index (χ1v) is 10.5. The summed E-state index contributed by atoms with van der Waals surface area (Å²) in [5.41, 5.74) is 2.63. The highest BCUT2D eigenvalue weighted by Crippen LogP contribution is 2.28. The van der Waals surface area contributed by atoms with E-state index in [1.807, 2.05) is 54.6 Å². The predicted molar refractivity (Wildman–Crippen MR) is 118 cm³/mol. The lowest BCUT2D eigenvalue weighted by atomic mass is 9.81. The van der Waals surface area contributed by atoms with Crippen molar-refractivity contribution in [3.8, 4) is 0 Å². The molecule has 4 rings (SSSR count). The van der Waals surface area contributed by atoms with Crippen LogP contribution in [0, 0.1) is 11.8 Å². The first-order valence-electron chi connectivity index (χ1n) is 10.5. The molecule has 2 aliphatic heterocycles. The van der Waals surface area contributed by atoms with Crippen molar-refractivity contribution in [3.05, 3.63) is 60.2 Å². The van der Waals surface area contributed by atoms with Gasteiger partial charge in [0.15, 0.2) is 6.29 Å². The summed E-state index contributed by atoms with van der Waals surface area (Å²) >= 11 is 0. The highest BCUT2D eigenvalue weighted by Gasteiger charge is 2.48. The van der Waals surface area contributed by atoms with Crippen LogP contribution in [0.25, 0.3) is 0 Å². The van der Waals surface area contributed by atoms with Gasteiger partial charge < -0.3 is 21.3 Å². The van der Waals surface area contributed by atoms with Crippen molar-refractivity contribution >= 4 is 29.1 Å². The van der Waals surface area contributed by atoms with Gasteiger partial charge in [-0.3, -0.25) is 19.7 Å². The van der Waals surface area contributed by atoms with Gasteiger partial charge in [-0.2, -0.15) is 0 Å². The molecule has 4 unspecified atom stereocenters. The zero-order valence-corrected chi connectivity index (χ0v) is 17.5. The molecule has 0 radical (unpaired) electrons. The second-order valence-electron chi connectivity index (χ2n) is 8.27. The molecule has 31 heavy (non-hydrogen) atoms. The van der Waals surface area contributed by atoms with E-state index in [1.54, 1.807) is 0 Å². The van der Waals surface area contributed by atoms with E-state index in [1.165, 1.54) is 5.56 Å². The number of fused-ring (bicyclic) bond motifs is 1. The quantitative estimate of drug-likeness (QED) is 0.507. The summed E-state index contributed by atoms with van der Waals surface area (Å²) in [7, 11) is 0. The van der Waals surface area contributed by atoms with E-state index in [0.29, 0.717) is 11.6 Å². The van der Waals surface area contributed by atoms with Crippen molar-refractivity contribution in [3.63, 3.8) is 0 Å². The van der Waals surface area contributed by atoms with Gasteiger partial charge in [-0.1, -0.05) is 44.2 Å². The van der Waals surface area contributed by atoms with E-state index < -0.39 is 24.3 Å². The number of hydrogen-bond donors (Lipinski definition) is 5. The minimum atomic E-state index is -0.770. The Balaban J connectivity index is 1.46. The third kappa shape index (κ3) is 4.69. The SMILES string of the molecule is CC(C)c1ccc(NC(=O)C2CC(=O)NC3NC(Nc4ccccc4)NC(=O)C32)cc1. The van der Waals surface area contributed by atoms with Gasteiger partial charge in [0.2, 0.25) is 17.7 Å². The Morgan fingerprint density at radius 1 is 0.968 bits per heavy atom. The molecule has 0 spiro atoms. The van der Waals surface area contributed by atoms with Crippen LogP contribution in [-0.4, -0.2) is 30.2 Å². The van der Waals surface area contributed by atoms with Crippen LogP contribution in [0.4, 0.5) is 11.4 Å². The molecular weight excluding hydrogens is 394 g/mol. The molecule has 0 saturated carbocycles. The van der Waals surface area contributed by atoms with E-state index in [4.69, 9.17) is 0 Å². The van der Waals surface area contributed by atoms with Crippen molar-refractivity contribution in [2.45, 2.75) is 38.6 Å². The molecule has 2 aromatic rings. The minimum absolute atomic E-state index is 0.0387. The number of amides is 3. The van der Waals surface area contributed by atoms with E-state index in [-0.39, 0.29) is 24.1 Å². The number of piperidine rings is 1. The van der Waals surface area contributed by atoms with E-state index in [2.05, 4.69) is 40.4 Å². The van der Waals surface area contributed by atoms with Gasteiger partial charge in [0.1, 0.15) is 0 Å². The Kier molecular flexibility index (Phi) is 5.90. The smallest absolute Gasteiger partial charge is 0.229 e.